The molecule has 1 aliphatic heterocycles. The minimum Gasteiger partial charge on any atom is -0.378 e. The molecule has 0 N–H and O–H groups in total. The summed E-state index contributed by atoms with van der Waals surface area (Å²) >= 11 is 0. The molecule has 2 aliphatic carbocycles. The Morgan fingerprint density at radius 2 is 1.37 bits per heavy atom. The topological polar surface area (TPSA) is 9.23 Å². The normalized spacial score (nSPS) is 38.0. The van der Waals surface area contributed by atoms with E-state index in [1.165, 1.54) is 51.0 Å². The average molecular weight is 381 g/mol. The van der Waals surface area contributed by atoms with Crippen molar-refractivity contribution in [3.8, 4) is 0 Å². The molecule has 2 unspecified atom stereocenters. The van der Waals surface area contributed by atoms with Crippen molar-refractivity contribution in [2.75, 3.05) is 6.61 Å². The van der Waals surface area contributed by atoms with E-state index >= 15 is 0 Å². The van der Waals surface area contributed by atoms with E-state index in [0.29, 0.717) is 6.10 Å². The molecule has 0 aromatic heterocycles. The molecule has 27 heavy (non-hydrogen) atoms. The molecule has 3 heteroatoms. The van der Waals surface area contributed by atoms with Crippen molar-refractivity contribution >= 4 is 0 Å². The van der Waals surface area contributed by atoms with E-state index in [4.69, 9.17) is 4.74 Å². The molecule has 0 amide bonds. The van der Waals surface area contributed by atoms with Crippen LogP contribution in [0.4, 0.5) is 8.78 Å². The molecular weight excluding hydrogens is 342 g/mol. The van der Waals surface area contributed by atoms with Crippen LogP contribution in [-0.2, 0) is 4.74 Å². The van der Waals surface area contributed by atoms with Crippen LogP contribution in [0.15, 0.2) is 24.3 Å². The first-order chi connectivity index (χ1) is 13.2. The molecule has 2 saturated carbocycles. The van der Waals surface area contributed by atoms with Gasteiger partial charge in [0, 0.05) is 0 Å². The van der Waals surface area contributed by atoms with E-state index in [1.807, 2.05) is 0 Å². The maximum atomic E-state index is 12.4. The van der Waals surface area contributed by atoms with E-state index < -0.39 is 6.08 Å². The van der Waals surface area contributed by atoms with Gasteiger partial charge in [-0.3, -0.25) is 0 Å². The summed E-state index contributed by atoms with van der Waals surface area (Å²) in [6, 6.07) is 0. The molecule has 0 aromatic rings. The van der Waals surface area contributed by atoms with Crippen molar-refractivity contribution in [1.29, 1.82) is 0 Å². The predicted octanol–water partition coefficient (Wildman–Crippen LogP) is 7.53. The first-order valence-electron chi connectivity index (χ1n) is 11.4. The van der Waals surface area contributed by atoms with Gasteiger partial charge in [0.1, 0.15) is 0 Å². The molecule has 0 aromatic carbocycles. The van der Waals surface area contributed by atoms with E-state index in [0.717, 1.165) is 62.4 Å². The fraction of sp³-hybridized carbons (Fsp3) is 0.833. The Bertz CT molecular complexity index is 473. The Morgan fingerprint density at radius 3 is 1.89 bits per heavy atom. The van der Waals surface area contributed by atoms with Crippen LogP contribution in [0.3, 0.4) is 0 Å². The van der Waals surface area contributed by atoms with Gasteiger partial charge in [-0.2, -0.15) is 8.78 Å². The van der Waals surface area contributed by atoms with Gasteiger partial charge in [-0.25, -0.2) is 0 Å². The van der Waals surface area contributed by atoms with E-state index in [9.17, 15) is 8.78 Å². The average Bonchev–Trinajstić information content (AvgIpc) is 2.69. The monoisotopic (exact) mass is 380 g/mol. The summed E-state index contributed by atoms with van der Waals surface area (Å²) in [5, 5.41) is 0. The van der Waals surface area contributed by atoms with Crippen LogP contribution in [0.1, 0.15) is 84.0 Å². The quantitative estimate of drug-likeness (QED) is 0.433. The molecule has 0 bridgehead atoms. The Hall–Kier alpha value is -0.700. The number of allylic oxidation sites excluding steroid dienone is 3. The fourth-order valence-electron chi connectivity index (χ4n) is 5.92. The molecule has 1 heterocycles. The van der Waals surface area contributed by atoms with Crippen molar-refractivity contribution in [1.82, 2.24) is 0 Å². The van der Waals surface area contributed by atoms with Gasteiger partial charge in [-0.15, -0.1) is 0 Å². The molecule has 154 valence electrons. The Kier molecular flexibility index (Phi) is 8.36. The van der Waals surface area contributed by atoms with Crippen LogP contribution >= 0.6 is 0 Å². The highest BCUT2D eigenvalue weighted by atomic mass is 19.3. The van der Waals surface area contributed by atoms with Crippen LogP contribution in [0.25, 0.3) is 0 Å². The maximum absolute atomic E-state index is 12.4. The van der Waals surface area contributed by atoms with Gasteiger partial charge in [0.15, 0.2) is 0 Å². The Labute approximate surface area is 164 Å². The highest BCUT2D eigenvalue weighted by molar-refractivity contribution is 4.92. The molecule has 3 aliphatic rings. The standard InChI is InChI=1S/C24H38F2O/c1-2-3-4-5-23-15-14-22(17-27-23)21-12-10-20(11-13-21)19-8-6-18(7-9-19)16-24(25)26/h2-3,16,18-23H,4-15,17H2,1H3/b3-2+. The van der Waals surface area contributed by atoms with Gasteiger partial charge < -0.3 is 4.74 Å². The summed E-state index contributed by atoms with van der Waals surface area (Å²) < 4.78 is 31.1. The lowest BCUT2D eigenvalue weighted by atomic mass is 9.67. The number of hydrogen-bond donors (Lipinski definition) is 0. The van der Waals surface area contributed by atoms with Crippen molar-refractivity contribution in [3.63, 3.8) is 0 Å². The van der Waals surface area contributed by atoms with Crippen LogP contribution in [0.5, 0.6) is 0 Å². The first-order valence-corrected chi connectivity index (χ1v) is 11.4. The van der Waals surface area contributed by atoms with Gasteiger partial charge in [-0.05, 0) is 120 Å². The summed E-state index contributed by atoms with van der Waals surface area (Å²) in [4.78, 5) is 0. The smallest absolute Gasteiger partial charge is 0.266 e. The minimum atomic E-state index is -1.49. The summed E-state index contributed by atoms with van der Waals surface area (Å²) in [5.74, 6) is 3.40. The SMILES string of the molecule is C/C=C/CCC1CCC(C2CCC(C3CCC(C=C(F)F)CC3)CC2)CO1. The lowest BCUT2D eigenvalue weighted by Crippen LogP contribution is -2.33. The second-order valence-corrected chi connectivity index (χ2v) is 9.25. The lowest BCUT2D eigenvalue weighted by Gasteiger charge is -2.41. The number of ether oxygens (including phenoxy) is 1. The molecule has 0 radical (unpaired) electrons. The van der Waals surface area contributed by atoms with Crippen molar-refractivity contribution in [3.05, 3.63) is 24.3 Å². The minimum absolute atomic E-state index is 0.128. The molecule has 1 nitrogen and oxygen atoms in total. The third-order valence-corrected chi connectivity index (χ3v) is 7.62. The fourth-order valence-corrected chi connectivity index (χ4v) is 5.92. The largest absolute Gasteiger partial charge is 0.378 e. The first kappa shape index (κ1) is 21.0. The van der Waals surface area contributed by atoms with Gasteiger partial charge in [-0.1, -0.05) is 12.2 Å². The third kappa shape index (κ3) is 6.41. The number of halogens is 2. The van der Waals surface area contributed by atoms with Crippen LogP contribution < -0.4 is 0 Å². The molecule has 3 fully saturated rings. The molecular formula is C24H38F2O. The van der Waals surface area contributed by atoms with Crippen molar-refractivity contribution < 1.29 is 13.5 Å². The molecule has 0 spiro atoms. The lowest BCUT2D eigenvalue weighted by molar-refractivity contribution is -0.0430. The summed E-state index contributed by atoms with van der Waals surface area (Å²) in [7, 11) is 0. The van der Waals surface area contributed by atoms with Crippen LogP contribution in [0.2, 0.25) is 0 Å². The number of hydrogen-bond acceptors (Lipinski definition) is 1. The maximum Gasteiger partial charge on any atom is 0.266 e. The Morgan fingerprint density at radius 1 is 0.815 bits per heavy atom. The van der Waals surface area contributed by atoms with E-state index in [2.05, 4.69) is 19.1 Å². The van der Waals surface area contributed by atoms with E-state index in [1.54, 1.807) is 0 Å². The molecule has 2 atom stereocenters. The van der Waals surface area contributed by atoms with Crippen LogP contribution in [-0.4, -0.2) is 12.7 Å². The summed E-state index contributed by atoms with van der Waals surface area (Å²) in [6.07, 6.45) is 19.2. The van der Waals surface area contributed by atoms with Gasteiger partial charge in [0.2, 0.25) is 0 Å². The summed E-state index contributed by atoms with van der Waals surface area (Å²) in [6.45, 7) is 3.06. The van der Waals surface area contributed by atoms with Gasteiger partial charge in [0.05, 0.1) is 12.7 Å². The zero-order chi connectivity index (χ0) is 19.1. The molecule has 1 saturated heterocycles. The van der Waals surface area contributed by atoms with E-state index in [-0.39, 0.29) is 5.92 Å². The second kappa shape index (κ2) is 10.7. The Balaban J connectivity index is 1.34. The highest BCUT2D eigenvalue weighted by Gasteiger charge is 2.34. The summed E-state index contributed by atoms with van der Waals surface area (Å²) in [5.41, 5.74) is 0. The van der Waals surface area contributed by atoms with Crippen LogP contribution in [0, 0.1) is 29.6 Å². The van der Waals surface area contributed by atoms with Gasteiger partial charge >= 0.3 is 0 Å². The highest BCUT2D eigenvalue weighted by Crippen LogP contribution is 2.44. The van der Waals surface area contributed by atoms with Crippen molar-refractivity contribution in [2.24, 2.45) is 29.6 Å². The molecule has 3 rings (SSSR count). The predicted molar refractivity (Wildman–Crippen MR) is 108 cm³/mol. The van der Waals surface area contributed by atoms with Gasteiger partial charge in [0.25, 0.3) is 6.08 Å². The zero-order valence-electron chi connectivity index (χ0n) is 17.1. The number of rotatable bonds is 6. The zero-order valence-corrected chi connectivity index (χ0v) is 17.1. The van der Waals surface area contributed by atoms with Crippen molar-refractivity contribution in [2.45, 2.75) is 90.1 Å². The second-order valence-electron chi connectivity index (χ2n) is 9.25. The third-order valence-electron chi connectivity index (χ3n) is 7.62.